The first-order valence-corrected chi connectivity index (χ1v) is 4.95. The molecule has 0 radical (unpaired) electrons. The lowest BCUT2D eigenvalue weighted by Crippen LogP contribution is -2.21. The summed E-state index contributed by atoms with van der Waals surface area (Å²) < 4.78 is 33.4. The molecule has 0 unspecified atom stereocenters. The van der Waals surface area contributed by atoms with Crippen molar-refractivity contribution in [2.45, 2.75) is 26.2 Å². The quantitative estimate of drug-likeness (QED) is 0.815. The molecule has 1 aromatic rings. The van der Waals surface area contributed by atoms with Crippen LogP contribution in [0.25, 0.3) is 0 Å². The number of nitrogens with two attached hydrogens (primary N) is 1. The van der Waals surface area contributed by atoms with Gasteiger partial charge in [-0.2, -0.15) is 8.78 Å². The van der Waals surface area contributed by atoms with Gasteiger partial charge in [0, 0.05) is 6.04 Å². The molecule has 0 heterocycles. The molecule has 0 aliphatic carbocycles. The summed E-state index contributed by atoms with van der Waals surface area (Å²) in [6.45, 7) is -0.210. The van der Waals surface area contributed by atoms with Crippen molar-refractivity contribution in [3.8, 4) is 5.75 Å². The number of alkyl halides is 2. The van der Waals surface area contributed by atoms with Gasteiger partial charge in [-0.05, 0) is 24.6 Å². The van der Waals surface area contributed by atoms with E-state index in [9.17, 15) is 8.78 Å². The summed E-state index contributed by atoms with van der Waals surface area (Å²) in [5, 5.41) is 0. The van der Waals surface area contributed by atoms with Crippen molar-refractivity contribution in [2.24, 2.45) is 5.73 Å². The Morgan fingerprint density at radius 1 is 1.38 bits per heavy atom. The summed E-state index contributed by atoms with van der Waals surface area (Å²) in [7, 11) is 0. The lowest BCUT2D eigenvalue weighted by molar-refractivity contribution is -0.0499. The van der Waals surface area contributed by atoms with Crippen LogP contribution in [0.1, 0.15) is 12.5 Å². The van der Waals surface area contributed by atoms with Gasteiger partial charge >= 0.3 is 6.61 Å². The maximum atomic E-state index is 11.9. The van der Waals surface area contributed by atoms with Gasteiger partial charge in [-0.25, -0.2) is 0 Å². The van der Waals surface area contributed by atoms with E-state index in [-0.39, 0.29) is 11.8 Å². The van der Waals surface area contributed by atoms with Crippen molar-refractivity contribution in [3.05, 3.63) is 29.8 Å². The number of rotatable bonds is 6. The molecule has 0 aliphatic rings. The highest BCUT2D eigenvalue weighted by atomic mass is 19.3. The Balaban J connectivity index is 2.47. The monoisotopic (exact) mass is 231 g/mol. The molecule has 90 valence electrons. The Kier molecular flexibility index (Phi) is 5.14. The van der Waals surface area contributed by atoms with E-state index in [1.807, 2.05) is 6.92 Å². The van der Waals surface area contributed by atoms with Crippen LogP contribution in [0.4, 0.5) is 8.78 Å². The number of ether oxygens (including phenoxy) is 2. The SMILES string of the molecule is C[C@H](N)COCc1cccc(OC(F)F)c1. The fraction of sp³-hybridized carbons (Fsp3) is 0.455. The van der Waals surface area contributed by atoms with E-state index in [0.29, 0.717) is 13.2 Å². The van der Waals surface area contributed by atoms with Crippen LogP contribution in [0.15, 0.2) is 24.3 Å². The molecule has 0 bridgehead atoms. The molecule has 0 aliphatic heterocycles. The number of benzene rings is 1. The molecule has 0 aromatic heterocycles. The van der Waals surface area contributed by atoms with Crippen molar-refractivity contribution in [3.63, 3.8) is 0 Å². The molecule has 0 saturated carbocycles. The molecular formula is C11H15F2NO2. The largest absolute Gasteiger partial charge is 0.435 e. The zero-order valence-corrected chi connectivity index (χ0v) is 9.03. The first-order chi connectivity index (χ1) is 7.58. The molecule has 3 nitrogen and oxygen atoms in total. The van der Waals surface area contributed by atoms with E-state index in [1.54, 1.807) is 12.1 Å². The van der Waals surface area contributed by atoms with Crippen LogP contribution in [0.3, 0.4) is 0 Å². The predicted molar refractivity (Wildman–Crippen MR) is 56.4 cm³/mol. The third-order valence-electron chi connectivity index (χ3n) is 1.77. The van der Waals surface area contributed by atoms with E-state index < -0.39 is 6.61 Å². The summed E-state index contributed by atoms with van der Waals surface area (Å²) in [5.41, 5.74) is 6.28. The Morgan fingerprint density at radius 3 is 2.75 bits per heavy atom. The third kappa shape index (κ3) is 5.04. The molecule has 5 heteroatoms. The van der Waals surface area contributed by atoms with E-state index in [2.05, 4.69) is 4.74 Å². The lowest BCUT2D eigenvalue weighted by Gasteiger charge is -2.09. The van der Waals surface area contributed by atoms with Crippen LogP contribution in [-0.2, 0) is 11.3 Å². The Labute approximate surface area is 93.2 Å². The van der Waals surface area contributed by atoms with Crippen LogP contribution < -0.4 is 10.5 Å². The molecule has 0 spiro atoms. The molecule has 1 atom stereocenters. The topological polar surface area (TPSA) is 44.5 Å². The summed E-state index contributed by atoms with van der Waals surface area (Å²) in [6.07, 6.45) is 0. The number of halogens is 2. The van der Waals surface area contributed by atoms with Gasteiger partial charge in [0.15, 0.2) is 0 Å². The molecular weight excluding hydrogens is 216 g/mol. The summed E-state index contributed by atoms with van der Waals surface area (Å²) in [5.74, 6) is 0.136. The highest BCUT2D eigenvalue weighted by Crippen LogP contribution is 2.16. The highest BCUT2D eigenvalue weighted by Gasteiger charge is 2.04. The van der Waals surface area contributed by atoms with Gasteiger partial charge in [-0.15, -0.1) is 0 Å². The first-order valence-electron chi connectivity index (χ1n) is 4.95. The average molecular weight is 231 g/mol. The van der Waals surface area contributed by atoms with E-state index >= 15 is 0 Å². The fourth-order valence-corrected chi connectivity index (χ4v) is 1.17. The van der Waals surface area contributed by atoms with Crippen molar-refractivity contribution in [2.75, 3.05) is 6.61 Å². The van der Waals surface area contributed by atoms with Crippen LogP contribution in [-0.4, -0.2) is 19.3 Å². The first kappa shape index (κ1) is 12.9. The van der Waals surface area contributed by atoms with Crippen LogP contribution in [0, 0.1) is 0 Å². The van der Waals surface area contributed by atoms with Gasteiger partial charge in [0.1, 0.15) is 5.75 Å². The molecule has 0 amide bonds. The zero-order valence-electron chi connectivity index (χ0n) is 9.03. The highest BCUT2D eigenvalue weighted by molar-refractivity contribution is 5.28. The summed E-state index contributed by atoms with van der Waals surface area (Å²) >= 11 is 0. The summed E-state index contributed by atoms with van der Waals surface area (Å²) in [4.78, 5) is 0. The lowest BCUT2D eigenvalue weighted by atomic mass is 10.2. The van der Waals surface area contributed by atoms with E-state index in [0.717, 1.165) is 5.56 Å². The fourth-order valence-electron chi connectivity index (χ4n) is 1.17. The normalized spacial score (nSPS) is 12.8. The van der Waals surface area contributed by atoms with Crippen molar-refractivity contribution in [1.29, 1.82) is 0 Å². The molecule has 16 heavy (non-hydrogen) atoms. The van der Waals surface area contributed by atoms with E-state index in [4.69, 9.17) is 10.5 Å². The van der Waals surface area contributed by atoms with Crippen LogP contribution in [0.5, 0.6) is 5.75 Å². The Morgan fingerprint density at radius 2 is 2.12 bits per heavy atom. The molecule has 2 N–H and O–H groups in total. The zero-order chi connectivity index (χ0) is 12.0. The van der Waals surface area contributed by atoms with Gasteiger partial charge in [0.05, 0.1) is 13.2 Å². The minimum atomic E-state index is -2.81. The minimum absolute atomic E-state index is 0.0412. The van der Waals surface area contributed by atoms with Crippen molar-refractivity contribution in [1.82, 2.24) is 0 Å². The molecule has 1 rings (SSSR count). The van der Waals surface area contributed by atoms with E-state index in [1.165, 1.54) is 12.1 Å². The van der Waals surface area contributed by atoms with Gasteiger partial charge in [0.25, 0.3) is 0 Å². The predicted octanol–water partition coefficient (Wildman–Crippen LogP) is 2.15. The Hall–Kier alpha value is -1.20. The maximum Gasteiger partial charge on any atom is 0.387 e. The Bertz CT molecular complexity index is 319. The van der Waals surface area contributed by atoms with Gasteiger partial charge < -0.3 is 15.2 Å². The minimum Gasteiger partial charge on any atom is -0.435 e. The standard InChI is InChI=1S/C11H15F2NO2/c1-8(14)6-15-7-9-3-2-4-10(5-9)16-11(12)13/h2-5,8,11H,6-7,14H2,1H3/t8-/m0/s1. The smallest absolute Gasteiger partial charge is 0.387 e. The van der Waals surface area contributed by atoms with Gasteiger partial charge in [-0.1, -0.05) is 12.1 Å². The maximum absolute atomic E-state index is 11.9. The number of hydrogen-bond donors (Lipinski definition) is 1. The average Bonchev–Trinajstić information content (AvgIpc) is 2.16. The van der Waals surface area contributed by atoms with Crippen LogP contribution in [0.2, 0.25) is 0 Å². The second-order valence-corrected chi connectivity index (χ2v) is 3.52. The number of hydrogen-bond acceptors (Lipinski definition) is 3. The molecule has 1 aromatic carbocycles. The van der Waals surface area contributed by atoms with Crippen molar-refractivity contribution >= 4 is 0 Å². The van der Waals surface area contributed by atoms with Crippen LogP contribution >= 0.6 is 0 Å². The summed E-state index contributed by atoms with van der Waals surface area (Å²) in [6, 6.07) is 6.37. The molecule has 0 fully saturated rings. The second kappa shape index (κ2) is 6.40. The molecule has 0 saturated heterocycles. The van der Waals surface area contributed by atoms with Gasteiger partial charge in [-0.3, -0.25) is 0 Å². The van der Waals surface area contributed by atoms with Gasteiger partial charge in [0.2, 0.25) is 0 Å². The third-order valence-corrected chi connectivity index (χ3v) is 1.77. The van der Waals surface area contributed by atoms with Crippen molar-refractivity contribution < 1.29 is 18.3 Å². The second-order valence-electron chi connectivity index (χ2n) is 3.52.